The molecule has 0 bridgehead atoms. The number of halogens is 1. The van der Waals surface area contributed by atoms with E-state index in [-0.39, 0.29) is 25.1 Å². The summed E-state index contributed by atoms with van der Waals surface area (Å²) in [7, 11) is 0. The zero-order valence-electron chi connectivity index (χ0n) is 15.6. The lowest BCUT2D eigenvalue weighted by Crippen LogP contribution is -2.15. The van der Waals surface area contributed by atoms with Gasteiger partial charge in [-0.2, -0.15) is 0 Å². The van der Waals surface area contributed by atoms with Gasteiger partial charge in [-0.1, -0.05) is 47.3 Å². The Labute approximate surface area is 175 Å². The highest BCUT2D eigenvalue weighted by molar-refractivity contribution is 5.93. The molecule has 0 fully saturated rings. The molecule has 0 aliphatic carbocycles. The molecule has 2 aromatic carbocycles. The second-order valence-electron chi connectivity index (χ2n) is 6.42. The first kappa shape index (κ1) is 20.6. The highest BCUT2D eigenvalue weighted by atomic mass is 35.5. The number of hydrogen-bond donors (Lipinski definition) is 2. The standard InChI is InChI=1S/C23H19N3O2.ClH/c24-21(15-17-7-3-4-12-25-17)18-8-1-2-9-19(18)23-20-11-10-16(6-5-13-27)14-22(20)28-26-23;/h1-4,7-12,14,21,27H,13,15,24H2;1H/t21-;/m0./s1. The van der Waals surface area contributed by atoms with Gasteiger partial charge in [0.05, 0.1) is 0 Å². The molecular weight excluding hydrogens is 386 g/mol. The molecule has 6 heteroatoms. The fourth-order valence-electron chi connectivity index (χ4n) is 3.24. The Kier molecular flexibility index (Phi) is 6.63. The van der Waals surface area contributed by atoms with Gasteiger partial charge in [-0.05, 0) is 35.9 Å². The van der Waals surface area contributed by atoms with Crippen molar-refractivity contribution in [1.29, 1.82) is 0 Å². The zero-order valence-corrected chi connectivity index (χ0v) is 16.4. The van der Waals surface area contributed by atoms with Crippen LogP contribution in [0.25, 0.3) is 22.2 Å². The van der Waals surface area contributed by atoms with E-state index in [4.69, 9.17) is 15.4 Å². The molecule has 1 atom stereocenters. The van der Waals surface area contributed by atoms with Gasteiger partial charge in [-0.3, -0.25) is 4.98 Å². The van der Waals surface area contributed by atoms with E-state index in [1.165, 1.54) is 0 Å². The van der Waals surface area contributed by atoms with Crippen molar-refractivity contribution in [2.75, 3.05) is 6.61 Å². The van der Waals surface area contributed by atoms with Crippen LogP contribution in [-0.4, -0.2) is 21.9 Å². The second kappa shape index (κ2) is 9.35. The third-order valence-corrected chi connectivity index (χ3v) is 4.55. The molecule has 0 saturated carbocycles. The summed E-state index contributed by atoms with van der Waals surface area (Å²) in [5.41, 5.74) is 11.6. The monoisotopic (exact) mass is 405 g/mol. The summed E-state index contributed by atoms with van der Waals surface area (Å²) in [4.78, 5) is 4.38. The van der Waals surface area contributed by atoms with Crippen LogP contribution in [0.2, 0.25) is 0 Å². The Hall–Kier alpha value is -3.17. The molecule has 29 heavy (non-hydrogen) atoms. The summed E-state index contributed by atoms with van der Waals surface area (Å²) in [6, 6.07) is 19.2. The van der Waals surface area contributed by atoms with Crippen molar-refractivity contribution >= 4 is 23.4 Å². The minimum absolute atomic E-state index is 0. The molecule has 0 saturated heterocycles. The van der Waals surface area contributed by atoms with Crippen molar-refractivity contribution in [2.24, 2.45) is 5.73 Å². The lowest BCUT2D eigenvalue weighted by molar-refractivity contribution is 0.350. The highest BCUT2D eigenvalue weighted by Crippen LogP contribution is 2.33. The number of aliphatic hydroxyl groups excluding tert-OH is 1. The zero-order chi connectivity index (χ0) is 19.3. The van der Waals surface area contributed by atoms with Crippen molar-refractivity contribution in [2.45, 2.75) is 12.5 Å². The maximum Gasteiger partial charge on any atom is 0.168 e. The molecule has 4 rings (SSSR count). The SMILES string of the molecule is Cl.N[C@@H](Cc1ccccn1)c1ccccc1-c1noc2cc(C#CCO)ccc12. The van der Waals surface area contributed by atoms with Gasteiger partial charge in [0.15, 0.2) is 5.58 Å². The third-order valence-electron chi connectivity index (χ3n) is 4.55. The lowest BCUT2D eigenvalue weighted by Gasteiger charge is -2.15. The number of nitrogens with two attached hydrogens (primary N) is 1. The summed E-state index contributed by atoms with van der Waals surface area (Å²) in [6.07, 6.45) is 2.41. The number of nitrogens with zero attached hydrogens (tertiary/aromatic N) is 2. The van der Waals surface area contributed by atoms with E-state index in [0.29, 0.717) is 12.0 Å². The quantitative estimate of drug-likeness (QED) is 0.503. The van der Waals surface area contributed by atoms with E-state index in [2.05, 4.69) is 22.0 Å². The van der Waals surface area contributed by atoms with Gasteiger partial charge in [-0.15, -0.1) is 12.4 Å². The highest BCUT2D eigenvalue weighted by Gasteiger charge is 2.18. The van der Waals surface area contributed by atoms with E-state index in [1.54, 1.807) is 6.20 Å². The van der Waals surface area contributed by atoms with Crippen molar-refractivity contribution in [3.05, 3.63) is 83.7 Å². The van der Waals surface area contributed by atoms with Gasteiger partial charge in [0.1, 0.15) is 12.3 Å². The average molecular weight is 406 g/mol. The average Bonchev–Trinajstić information content (AvgIpc) is 3.16. The van der Waals surface area contributed by atoms with Crippen LogP contribution >= 0.6 is 12.4 Å². The molecule has 5 nitrogen and oxygen atoms in total. The maximum absolute atomic E-state index is 8.86. The number of fused-ring (bicyclic) bond motifs is 1. The van der Waals surface area contributed by atoms with Crippen LogP contribution in [0.5, 0.6) is 0 Å². The van der Waals surface area contributed by atoms with Crippen molar-refractivity contribution < 1.29 is 9.63 Å². The molecule has 146 valence electrons. The van der Waals surface area contributed by atoms with E-state index < -0.39 is 0 Å². The predicted molar refractivity (Wildman–Crippen MR) is 116 cm³/mol. The number of hydrogen-bond acceptors (Lipinski definition) is 5. The molecule has 3 N–H and O–H groups in total. The minimum Gasteiger partial charge on any atom is -0.384 e. The number of benzene rings is 2. The fourth-order valence-corrected chi connectivity index (χ4v) is 3.24. The molecule has 0 aliphatic rings. The molecule has 4 aromatic rings. The first-order valence-corrected chi connectivity index (χ1v) is 9.00. The van der Waals surface area contributed by atoms with E-state index in [1.807, 2.05) is 60.7 Å². The molecule has 0 radical (unpaired) electrons. The van der Waals surface area contributed by atoms with Gasteiger partial charge in [0.2, 0.25) is 0 Å². The van der Waals surface area contributed by atoms with Crippen LogP contribution < -0.4 is 5.73 Å². The van der Waals surface area contributed by atoms with E-state index >= 15 is 0 Å². The number of pyridine rings is 1. The van der Waals surface area contributed by atoms with Gasteiger partial charge >= 0.3 is 0 Å². The lowest BCUT2D eigenvalue weighted by atomic mass is 9.94. The first-order chi connectivity index (χ1) is 13.8. The second-order valence-corrected chi connectivity index (χ2v) is 6.42. The number of aromatic nitrogens is 2. The summed E-state index contributed by atoms with van der Waals surface area (Å²) in [5.74, 6) is 5.51. The molecule has 0 unspecified atom stereocenters. The molecular formula is C23H20ClN3O2. The van der Waals surface area contributed by atoms with Crippen LogP contribution in [-0.2, 0) is 6.42 Å². The van der Waals surface area contributed by atoms with E-state index in [9.17, 15) is 0 Å². The first-order valence-electron chi connectivity index (χ1n) is 9.00. The van der Waals surface area contributed by atoms with E-state index in [0.717, 1.165) is 33.5 Å². The van der Waals surface area contributed by atoms with Crippen LogP contribution in [0, 0.1) is 11.8 Å². The van der Waals surface area contributed by atoms with Crippen molar-refractivity contribution in [3.63, 3.8) is 0 Å². The van der Waals surface area contributed by atoms with Crippen LogP contribution in [0.1, 0.15) is 22.9 Å². The molecule has 2 heterocycles. The largest absolute Gasteiger partial charge is 0.384 e. The van der Waals surface area contributed by atoms with Crippen LogP contribution in [0.15, 0.2) is 71.4 Å². The van der Waals surface area contributed by atoms with Crippen LogP contribution in [0.4, 0.5) is 0 Å². The Balaban J connectivity index is 0.00000240. The Morgan fingerprint density at radius 3 is 2.69 bits per heavy atom. The normalized spacial score (nSPS) is 11.4. The molecule has 0 amide bonds. The third kappa shape index (κ3) is 4.47. The molecule has 2 aromatic heterocycles. The van der Waals surface area contributed by atoms with Crippen molar-refractivity contribution in [1.82, 2.24) is 10.1 Å². The molecule has 0 aliphatic heterocycles. The molecule has 0 spiro atoms. The topological polar surface area (TPSA) is 85.2 Å². The fraction of sp³-hybridized carbons (Fsp3) is 0.130. The number of rotatable bonds is 4. The summed E-state index contributed by atoms with van der Waals surface area (Å²) in [6.45, 7) is -0.179. The van der Waals surface area contributed by atoms with Crippen molar-refractivity contribution in [3.8, 4) is 23.1 Å². The summed E-state index contributed by atoms with van der Waals surface area (Å²) >= 11 is 0. The van der Waals surface area contributed by atoms with Gasteiger partial charge in [0.25, 0.3) is 0 Å². The van der Waals surface area contributed by atoms with Gasteiger partial charge in [-0.25, -0.2) is 0 Å². The Bertz CT molecular complexity index is 1160. The van der Waals surface area contributed by atoms with Gasteiger partial charge < -0.3 is 15.4 Å². The summed E-state index contributed by atoms with van der Waals surface area (Å²) < 4.78 is 5.54. The minimum atomic E-state index is -0.215. The predicted octanol–water partition coefficient (Wildman–Crippen LogP) is 3.90. The maximum atomic E-state index is 8.86. The number of aliphatic hydroxyl groups is 1. The van der Waals surface area contributed by atoms with Gasteiger partial charge in [0, 0.05) is 40.9 Å². The summed E-state index contributed by atoms with van der Waals surface area (Å²) in [5, 5.41) is 14.0. The Morgan fingerprint density at radius 2 is 1.90 bits per heavy atom. The van der Waals surface area contributed by atoms with Crippen LogP contribution in [0.3, 0.4) is 0 Å². The Morgan fingerprint density at radius 1 is 1.07 bits per heavy atom. The smallest absolute Gasteiger partial charge is 0.168 e.